The van der Waals surface area contributed by atoms with Gasteiger partial charge in [0.1, 0.15) is 5.75 Å². The lowest BCUT2D eigenvalue weighted by atomic mass is 9.99. The van der Waals surface area contributed by atoms with Gasteiger partial charge in [0.15, 0.2) is 0 Å². The summed E-state index contributed by atoms with van der Waals surface area (Å²) in [5, 5.41) is 0. The zero-order valence-electron chi connectivity index (χ0n) is 13.0. The monoisotopic (exact) mass is 328 g/mol. The molecule has 0 N–H and O–H groups in total. The summed E-state index contributed by atoms with van der Waals surface area (Å²) in [5.74, 6) is 0.777. The molecule has 24 heavy (non-hydrogen) atoms. The lowest BCUT2D eigenvalue weighted by Crippen LogP contribution is -2.04. The summed E-state index contributed by atoms with van der Waals surface area (Å²) >= 11 is 0. The maximum atomic E-state index is 12.8. The van der Waals surface area contributed by atoms with Gasteiger partial charge in [-0.25, -0.2) is 0 Å². The van der Waals surface area contributed by atoms with Crippen molar-refractivity contribution in [2.24, 2.45) is 0 Å². The Morgan fingerprint density at radius 2 is 1.17 bits per heavy atom. The summed E-state index contributed by atoms with van der Waals surface area (Å²) in [6.45, 7) is 0. The van der Waals surface area contributed by atoms with E-state index < -0.39 is 11.7 Å². The van der Waals surface area contributed by atoms with Gasteiger partial charge in [0.05, 0.1) is 12.7 Å². The molecular formula is C20H15F3O. The second kappa shape index (κ2) is 6.40. The van der Waals surface area contributed by atoms with Crippen LogP contribution < -0.4 is 4.74 Å². The molecule has 0 unspecified atom stereocenters. The van der Waals surface area contributed by atoms with Crippen molar-refractivity contribution in [3.05, 3.63) is 78.4 Å². The SMILES string of the molecule is COc1ccc(-c2ccc(-c3cccc(C(F)(F)F)c3)cc2)cc1. The third-order valence-electron chi connectivity index (χ3n) is 3.83. The molecule has 122 valence electrons. The van der Waals surface area contributed by atoms with E-state index in [9.17, 15) is 13.2 Å². The molecule has 0 atom stereocenters. The first-order chi connectivity index (χ1) is 11.5. The molecule has 0 bridgehead atoms. The van der Waals surface area contributed by atoms with Gasteiger partial charge in [0.2, 0.25) is 0 Å². The fraction of sp³-hybridized carbons (Fsp3) is 0.100. The van der Waals surface area contributed by atoms with Crippen molar-refractivity contribution in [3.63, 3.8) is 0 Å². The Morgan fingerprint density at radius 1 is 0.667 bits per heavy atom. The van der Waals surface area contributed by atoms with Crippen LogP contribution in [0.25, 0.3) is 22.3 Å². The summed E-state index contributed by atoms with van der Waals surface area (Å²) in [4.78, 5) is 0. The number of benzene rings is 3. The molecule has 4 heteroatoms. The van der Waals surface area contributed by atoms with Crippen molar-refractivity contribution < 1.29 is 17.9 Å². The smallest absolute Gasteiger partial charge is 0.416 e. The molecule has 0 saturated heterocycles. The lowest BCUT2D eigenvalue weighted by Gasteiger charge is -2.10. The Kier molecular flexibility index (Phi) is 4.30. The topological polar surface area (TPSA) is 9.23 Å². The third-order valence-corrected chi connectivity index (χ3v) is 3.83. The van der Waals surface area contributed by atoms with Gasteiger partial charge in [0.25, 0.3) is 0 Å². The highest BCUT2D eigenvalue weighted by Crippen LogP contribution is 2.33. The number of hydrogen-bond acceptors (Lipinski definition) is 1. The van der Waals surface area contributed by atoms with Crippen LogP contribution in [0.5, 0.6) is 5.75 Å². The van der Waals surface area contributed by atoms with Gasteiger partial charge in [-0.1, -0.05) is 48.5 Å². The lowest BCUT2D eigenvalue weighted by molar-refractivity contribution is -0.137. The molecule has 0 radical (unpaired) electrons. The Hall–Kier alpha value is -2.75. The minimum absolute atomic E-state index is 0.547. The van der Waals surface area contributed by atoms with E-state index in [1.165, 1.54) is 12.1 Å². The zero-order chi connectivity index (χ0) is 17.2. The van der Waals surface area contributed by atoms with Crippen LogP contribution in [0.3, 0.4) is 0 Å². The van der Waals surface area contributed by atoms with Crippen LogP contribution in [0, 0.1) is 0 Å². The standard InChI is InChI=1S/C20H15F3O/c1-24-19-11-9-15(10-12-19)14-5-7-16(8-6-14)17-3-2-4-18(13-17)20(21,22)23/h2-13H,1H3. The van der Waals surface area contributed by atoms with Gasteiger partial charge in [0, 0.05) is 0 Å². The van der Waals surface area contributed by atoms with E-state index in [1.807, 2.05) is 48.5 Å². The Morgan fingerprint density at radius 3 is 1.67 bits per heavy atom. The molecule has 0 saturated carbocycles. The Bertz CT molecular complexity index is 819. The maximum Gasteiger partial charge on any atom is 0.416 e. The first-order valence-electron chi connectivity index (χ1n) is 7.39. The molecule has 3 aromatic rings. The molecule has 3 rings (SSSR count). The number of methoxy groups -OCH3 is 1. The summed E-state index contributed by atoms with van der Waals surface area (Å²) in [7, 11) is 1.61. The van der Waals surface area contributed by atoms with Crippen molar-refractivity contribution in [2.75, 3.05) is 7.11 Å². The summed E-state index contributed by atoms with van der Waals surface area (Å²) in [6.07, 6.45) is -4.33. The van der Waals surface area contributed by atoms with Crippen molar-refractivity contribution in [1.82, 2.24) is 0 Å². The van der Waals surface area contributed by atoms with E-state index in [0.717, 1.165) is 28.5 Å². The van der Waals surface area contributed by atoms with Gasteiger partial charge in [-0.15, -0.1) is 0 Å². The predicted molar refractivity (Wildman–Crippen MR) is 88.9 cm³/mol. The van der Waals surface area contributed by atoms with Crippen molar-refractivity contribution >= 4 is 0 Å². The zero-order valence-corrected chi connectivity index (χ0v) is 13.0. The van der Waals surface area contributed by atoms with E-state index in [4.69, 9.17) is 4.74 Å². The summed E-state index contributed by atoms with van der Waals surface area (Å²) in [6, 6.07) is 20.4. The van der Waals surface area contributed by atoms with Crippen LogP contribution in [0.1, 0.15) is 5.56 Å². The molecule has 0 aliphatic rings. The van der Waals surface area contributed by atoms with Crippen LogP contribution in [0.15, 0.2) is 72.8 Å². The number of alkyl halides is 3. The van der Waals surface area contributed by atoms with Gasteiger partial charge in [-0.3, -0.25) is 0 Å². The van der Waals surface area contributed by atoms with Gasteiger partial charge < -0.3 is 4.74 Å². The van der Waals surface area contributed by atoms with Crippen molar-refractivity contribution in [3.8, 4) is 28.0 Å². The maximum absolute atomic E-state index is 12.8. The van der Waals surface area contributed by atoms with E-state index >= 15 is 0 Å². The summed E-state index contributed by atoms with van der Waals surface area (Å²) < 4.78 is 43.6. The first-order valence-corrected chi connectivity index (χ1v) is 7.39. The number of hydrogen-bond donors (Lipinski definition) is 0. The highest BCUT2D eigenvalue weighted by atomic mass is 19.4. The fourth-order valence-corrected chi connectivity index (χ4v) is 2.51. The van der Waals surface area contributed by atoms with Crippen LogP contribution in [-0.2, 0) is 6.18 Å². The molecule has 0 spiro atoms. The Balaban J connectivity index is 1.89. The van der Waals surface area contributed by atoms with E-state index in [2.05, 4.69) is 0 Å². The van der Waals surface area contributed by atoms with E-state index in [-0.39, 0.29) is 0 Å². The quantitative estimate of drug-likeness (QED) is 0.569. The van der Waals surface area contributed by atoms with Crippen molar-refractivity contribution in [2.45, 2.75) is 6.18 Å². The molecule has 3 aromatic carbocycles. The second-order valence-electron chi connectivity index (χ2n) is 5.38. The normalized spacial score (nSPS) is 11.3. The number of halogens is 3. The summed E-state index contributed by atoms with van der Waals surface area (Å²) in [5.41, 5.74) is 2.67. The average molecular weight is 328 g/mol. The minimum Gasteiger partial charge on any atom is -0.497 e. The highest BCUT2D eigenvalue weighted by Gasteiger charge is 2.30. The average Bonchev–Trinajstić information content (AvgIpc) is 2.61. The molecule has 0 aromatic heterocycles. The molecule has 0 aliphatic carbocycles. The fourth-order valence-electron chi connectivity index (χ4n) is 2.51. The molecule has 0 aliphatic heterocycles. The highest BCUT2D eigenvalue weighted by molar-refractivity contribution is 5.71. The van der Waals surface area contributed by atoms with Crippen LogP contribution in [0.4, 0.5) is 13.2 Å². The second-order valence-corrected chi connectivity index (χ2v) is 5.38. The molecule has 1 nitrogen and oxygen atoms in total. The van der Waals surface area contributed by atoms with E-state index in [0.29, 0.717) is 5.56 Å². The predicted octanol–water partition coefficient (Wildman–Crippen LogP) is 6.05. The largest absolute Gasteiger partial charge is 0.497 e. The van der Waals surface area contributed by atoms with Gasteiger partial charge in [-0.2, -0.15) is 13.2 Å². The van der Waals surface area contributed by atoms with Gasteiger partial charge >= 0.3 is 6.18 Å². The molecule has 0 amide bonds. The minimum atomic E-state index is -4.33. The van der Waals surface area contributed by atoms with Crippen LogP contribution >= 0.6 is 0 Å². The third kappa shape index (κ3) is 3.43. The molecular weight excluding hydrogens is 313 g/mol. The van der Waals surface area contributed by atoms with E-state index in [1.54, 1.807) is 13.2 Å². The first kappa shape index (κ1) is 16.1. The van der Waals surface area contributed by atoms with Crippen LogP contribution in [0.2, 0.25) is 0 Å². The molecule has 0 fully saturated rings. The molecule has 0 heterocycles. The van der Waals surface area contributed by atoms with Crippen molar-refractivity contribution in [1.29, 1.82) is 0 Å². The van der Waals surface area contributed by atoms with Gasteiger partial charge in [-0.05, 0) is 46.5 Å². The number of ether oxygens (including phenoxy) is 1. The number of rotatable bonds is 3. The Labute approximate surface area is 138 Å². The van der Waals surface area contributed by atoms with Crippen LogP contribution in [-0.4, -0.2) is 7.11 Å².